The van der Waals surface area contributed by atoms with Gasteiger partial charge in [-0.15, -0.1) is 10.2 Å². The van der Waals surface area contributed by atoms with Gasteiger partial charge in [-0.25, -0.2) is 4.79 Å². The van der Waals surface area contributed by atoms with Crippen LogP contribution in [0.1, 0.15) is 38.2 Å². The molecule has 0 spiro atoms. The predicted octanol–water partition coefficient (Wildman–Crippen LogP) is 2.49. The molecule has 1 saturated carbocycles. The number of carbonyl (C=O) groups is 1. The molecule has 0 saturated heterocycles. The van der Waals surface area contributed by atoms with Gasteiger partial charge >= 0.3 is 6.03 Å². The molecule has 1 heterocycles. The minimum atomic E-state index is -0.198. The Morgan fingerprint density at radius 3 is 2.76 bits per heavy atom. The first-order valence-electron chi connectivity index (χ1n) is 8.82. The molecule has 1 aliphatic rings. The summed E-state index contributed by atoms with van der Waals surface area (Å²) < 4.78 is 7.93. The van der Waals surface area contributed by atoms with Crippen molar-refractivity contribution in [2.24, 2.45) is 0 Å². The van der Waals surface area contributed by atoms with Gasteiger partial charge in [0, 0.05) is 24.7 Å². The number of para-hydroxylation sites is 1. The van der Waals surface area contributed by atoms with Gasteiger partial charge in [0.25, 0.3) is 0 Å². The van der Waals surface area contributed by atoms with Crippen LogP contribution in [0.25, 0.3) is 0 Å². The molecule has 1 fully saturated rings. The molecule has 2 amide bonds. The van der Waals surface area contributed by atoms with E-state index in [1.807, 2.05) is 35.8 Å². The predicted molar refractivity (Wildman–Crippen MR) is 94.2 cm³/mol. The van der Waals surface area contributed by atoms with Gasteiger partial charge in [-0.2, -0.15) is 0 Å². The van der Waals surface area contributed by atoms with Gasteiger partial charge in [-0.3, -0.25) is 0 Å². The van der Waals surface area contributed by atoms with Crippen molar-refractivity contribution in [3.63, 3.8) is 0 Å². The van der Waals surface area contributed by atoms with E-state index >= 15 is 0 Å². The van der Waals surface area contributed by atoms with Gasteiger partial charge in [0.05, 0.1) is 6.10 Å². The van der Waals surface area contributed by atoms with E-state index in [2.05, 4.69) is 20.8 Å². The van der Waals surface area contributed by atoms with E-state index < -0.39 is 0 Å². The Morgan fingerprint density at radius 1 is 1.28 bits per heavy atom. The Bertz CT molecular complexity index is 668. The van der Waals surface area contributed by atoms with Crippen molar-refractivity contribution < 1.29 is 9.53 Å². The van der Waals surface area contributed by atoms with Gasteiger partial charge in [0.1, 0.15) is 18.4 Å². The Kier molecular flexibility index (Phi) is 5.87. The quantitative estimate of drug-likeness (QED) is 0.809. The number of aromatic nitrogens is 3. The number of rotatable bonds is 7. The monoisotopic (exact) mass is 343 g/mol. The van der Waals surface area contributed by atoms with Crippen LogP contribution in [-0.4, -0.2) is 32.9 Å². The van der Waals surface area contributed by atoms with E-state index in [9.17, 15) is 4.79 Å². The number of carbonyl (C=O) groups excluding carboxylic acids is 1. The molecule has 1 atom stereocenters. The highest BCUT2D eigenvalue weighted by atomic mass is 16.5. The Labute approximate surface area is 147 Å². The summed E-state index contributed by atoms with van der Waals surface area (Å²) in [6, 6.07) is 7.67. The maximum absolute atomic E-state index is 12.1. The van der Waals surface area contributed by atoms with Gasteiger partial charge < -0.3 is 19.9 Å². The lowest BCUT2D eigenvalue weighted by molar-refractivity contribution is 0.207. The molecule has 1 aromatic carbocycles. The molecule has 3 rings (SSSR count). The second kappa shape index (κ2) is 8.50. The lowest BCUT2D eigenvalue weighted by atomic mass is 10.2. The van der Waals surface area contributed by atoms with Gasteiger partial charge in [-0.1, -0.05) is 18.2 Å². The molecule has 134 valence electrons. The fraction of sp³-hybridized carbons (Fsp3) is 0.500. The molecule has 0 aliphatic heterocycles. The molecular formula is C18H25N5O2. The first-order valence-corrected chi connectivity index (χ1v) is 8.82. The Hall–Kier alpha value is -2.57. The van der Waals surface area contributed by atoms with E-state index in [0.29, 0.717) is 19.2 Å². The highest BCUT2D eigenvalue weighted by molar-refractivity contribution is 5.74. The summed E-state index contributed by atoms with van der Waals surface area (Å²) in [5, 5.41) is 13.3. The van der Waals surface area contributed by atoms with Crippen molar-refractivity contribution in [3.05, 3.63) is 42.5 Å². The standard InChI is InChI=1S/C18H25N5O2/c1-14(11-23-12-20-21-13-23)22-18(24)19-10-15-6-2-5-9-17(15)25-16-7-3-4-8-16/h2,5-6,9,12-14,16H,3-4,7-8,10-11H2,1H3,(H2,19,22,24)/t14-/m0/s1. The molecule has 1 aliphatic carbocycles. The maximum atomic E-state index is 12.1. The smallest absolute Gasteiger partial charge is 0.315 e. The van der Waals surface area contributed by atoms with Crippen molar-refractivity contribution in [3.8, 4) is 5.75 Å². The summed E-state index contributed by atoms with van der Waals surface area (Å²) in [6.07, 6.45) is 8.26. The second-order valence-electron chi connectivity index (χ2n) is 6.52. The molecular weight excluding hydrogens is 318 g/mol. The van der Waals surface area contributed by atoms with Crippen molar-refractivity contribution in [2.45, 2.75) is 57.8 Å². The zero-order chi connectivity index (χ0) is 17.5. The fourth-order valence-corrected chi connectivity index (χ4v) is 3.08. The normalized spacial score (nSPS) is 15.7. The molecule has 1 aromatic heterocycles. The lowest BCUT2D eigenvalue weighted by Gasteiger charge is -2.18. The molecule has 0 unspecified atom stereocenters. The van der Waals surface area contributed by atoms with E-state index in [0.717, 1.165) is 24.2 Å². The average Bonchev–Trinajstić information content (AvgIpc) is 3.28. The Morgan fingerprint density at radius 2 is 2.00 bits per heavy atom. The maximum Gasteiger partial charge on any atom is 0.315 e. The third kappa shape index (κ3) is 5.20. The number of amides is 2. The first kappa shape index (κ1) is 17.3. The number of benzene rings is 1. The summed E-state index contributed by atoms with van der Waals surface area (Å²) in [5.41, 5.74) is 0.996. The van der Waals surface area contributed by atoms with Crippen LogP contribution in [0.4, 0.5) is 4.79 Å². The number of ether oxygens (including phenoxy) is 1. The fourth-order valence-electron chi connectivity index (χ4n) is 3.08. The summed E-state index contributed by atoms with van der Waals surface area (Å²) in [5.74, 6) is 0.868. The van der Waals surface area contributed by atoms with Crippen LogP contribution < -0.4 is 15.4 Å². The van der Waals surface area contributed by atoms with E-state index in [1.165, 1.54) is 12.8 Å². The second-order valence-corrected chi connectivity index (χ2v) is 6.52. The molecule has 25 heavy (non-hydrogen) atoms. The minimum absolute atomic E-state index is 0.0269. The van der Waals surface area contributed by atoms with Crippen LogP contribution in [0, 0.1) is 0 Å². The number of nitrogens with zero attached hydrogens (tertiary/aromatic N) is 3. The van der Waals surface area contributed by atoms with Crippen molar-refractivity contribution >= 4 is 6.03 Å². The number of urea groups is 1. The van der Waals surface area contributed by atoms with Gasteiger partial charge in [-0.05, 0) is 38.7 Å². The van der Waals surface area contributed by atoms with E-state index in [-0.39, 0.29) is 12.1 Å². The highest BCUT2D eigenvalue weighted by Crippen LogP contribution is 2.26. The van der Waals surface area contributed by atoms with Crippen LogP contribution in [0.2, 0.25) is 0 Å². The van der Waals surface area contributed by atoms with Crippen molar-refractivity contribution in [1.29, 1.82) is 0 Å². The molecule has 2 N–H and O–H groups in total. The third-order valence-electron chi connectivity index (χ3n) is 4.34. The molecule has 2 aromatic rings. The third-order valence-corrected chi connectivity index (χ3v) is 4.34. The summed E-state index contributed by atoms with van der Waals surface area (Å²) in [7, 11) is 0. The minimum Gasteiger partial charge on any atom is -0.490 e. The summed E-state index contributed by atoms with van der Waals surface area (Å²) >= 11 is 0. The number of hydrogen-bond donors (Lipinski definition) is 2. The number of hydrogen-bond acceptors (Lipinski definition) is 4. The number of nitrogens with one attached hydrogen (secondary N) is 2. The molecule has 0 radical (unpaired) electrons. The zero-order valence-electron chi connectivity index (χ0n) is 14.5. The van der Waals surface area contributed by atoms with Crippen LogP contribution in [-0.2, 0) is 13.1 Å². The largest absolute Gasteiger partial charge is 0.490 e. The topological polar surface area (TPSA) is 81.1 Å². The zero-order valence-corrected chi connectivity index (χ0v) is 14.5. The lowest BCUT2D eigenvalue weighted by Crippen LogP contribution is -2.42. The van der Waals surface area contributed by atoms with Crippen LogP contribution in [0.3, 0.4) is 0 Å². The van der Waals surface area contributed by atoms with Gasteiger partial charge in [0.2, 0.25) is 0 Å². The summed E-state index contributed by atoms with van der Waals surface area (Å²) in [6.45, 7) is 3.01. The summed E-state index contributed by atoms with van der Waals surface area (Å²) in [4.78, 5) is 12.1. The highest BCUT2D eigenvalue weighted by Gasteiger charge is 2.18. The average molecular weight is 343 g/mol. The molecule has 0 bridgehead atoms. The van der Waals surface area contributed by atoms with Crippen molar-refractivity contribution in [2.75, 3.05) is 0 Å². The molecule has 7 heteroatoms. The Balaban J connectivity index is 1.48. The van der Waals surface area contributed by atoms with Crippen LogP contribution >= 0.6 is 0 Å². The van der Waals surface area contributed by atoms with Crippen LogP contribution in [0.5, 0.6) is 5.75 Å². The first-order chi connectivity index (χ1) is 12.2. The van der Waals surface area contributed by atoms with Gasteiger partial charge in [0.15, 0.2) is 0 Å². The van der Waals surface area contributed by atoms with Crippen molar-refractivity contribution in [1.82, 2.24) is 25.4 Å². The molecule has 7 nitrogen and oxygen atoms in total. The van der Waals surface area contributed by atoms with Crippen LogP contribution in [0.15, 0.2) is 36.9 Å². The van der Waals surface area contributed by atoms with E-state index in [1.54, 1.807) is 12.7 Å². The van der Waals surface area contributed by atoms with E-state index in [4.69, 9.17) is 4.74 Å². The SMILES string of the molecule is C[C@@H](Cn1cnnc1)NC(=O)NCc1ccccc1OC1CCCC1.